The number of carbonyl (C=O) groups excluding carboxylic acids is 1. The number of benzene rings is 2. The predicted octanol–water partition coefficient (Wildman–Crippen LogP) is 3.34. The molecule has 0 radical (unpaired) electrons. The minimum absolute atomic E-state index is 0.277. The highest BCUT2D eigenvalue weighted by atomic mass is 32.2. The zero-order valence-corrected chi connectivity index (χ0v) is 19.7. The Kier molecular flexibility index (Phi) is 7.71. The molecule has 4 aromatic rings. The summed E-state index contributed by atoms with van der Waals surface area (Å²) in [6, 6.07) is 17.0. The monoisotopic (exact) mass is 476 g/mol. The molecule has 0 fully saturated rings. The Morgan fingerprint density at radius 1 is 1.00 bits per heavy atom. The second-order valence-corrected chi connectivity index (χ2v) is 8.09. The summed E-state index contributed by atoms with van der Waals surface area (Å²) in [4.78, 5) is 21.5. The van der Waals surface area contributed by atoms with Crippen LogP contribution in [-0.2, 0) is 12.2 Å². The maximum atomic E-state index is 13.0. The minimum Gasteiger partial charge on any atom is -0.493 e. The van der Waals surface area contributed by atoms with Crippen molar-refractivity contribution in [2.45, 2.75) is 17.3 Å². The van der Waals surface area contributed by atoms with Gasteiger partial charge >= 0.3 is 0 Å². The van der Waals surface area contributed by atoms with Gasteiger partial charge in [-0.15, -0.1) is 5.10 Å². The fourth-order valence-corrected chi connectivity index (χ4v) is 4.11. The third-order valence-electron chi connectivity index (χ3n) is 5.01. The molecule has 174 valence electrons. The van der Waals surface area contributed by atoms with Gasteiger partial charge in [-0.25, -0.2) is 14.6 Å². The van der Waals surface area contributed by atoms with Crippen molar-refractivity contribution in [3.05, 3.63) is 83.9 Å². The fraction of sp³-hybridized carbons (Fsp3) is 0.208. The number of rotatable bonds is 10. The quantitative estimate of drug-likeness (QED) is 0.275. The number of amides is 1. The number of ether oxygens (including phenoxy) is 2. The molecule has 0 aliphatic heterocycles. The van der Waals surface area contributed by atoms with Crippen molar-refractivity contribution >= 4 is 17.7 Å². The van der Waals surface area contributed by atoms with Gasteiger partial charge in [0.15, 0.2) is 22.3 Å². The molecule has 0 aliphatic rings. The third kappa shape index (κ3) is 5.52. The van der Waals surface area contributed by atoms with Gasteiger partial charge in [-0.2, -0.15) is 0 Å². The molecule has 1 amide bonds. The molecule has 0 saturated heterocycles. The molecule has 2 aromatic carbocycles. The highest BCUT2D eigenvalue weighted by Gasteiger charge is 2.21. The lowest BCUT2D eigenvalue weighted by molar-refractivity contribution is 0.0948. The van der Waals surface area contributed by atoms with Crippen LogP contribution in [0.1, 0.15) is 21.7 Å². The van der Waals surface area contributed by atoms with Crippen LogP contribution in [0.3, 0.4) is 0 Å². The maximum absolute atomic E-state index is 13.0. The topological polar surface area (TPSA) is 104 Å². The van der Waals surface area contributed by atoms with Crippen LogP contribution >= 0.6 is 11.8 Å². The van der Waals surface area contributed by atoms with Crippen molar-refractivity contribution in [1.29, 1.82) is 0 Å². The van der Waals surface area contributed by atoms with Gasteiger partial charge in [0.05, 0.1) is 25.6 Å². The van der Waals surface area contributed by atoms with E-state index in [1.807, 2.05) is 48.5 Å². The zero-order valence-electron chi connectivity index (χ0n) is 18.8. The van der Waals surface area contributed by atoms with Crippen LogP contribution in [0, 0.1) is 0 Å². The van der Waals surface area contributed by atoms with E-state index in [-0.39, 0.29) is 11.6 Å². The molecule has 9 nitrogen and oxygen atoms in total. The smallest absolute Gasteiger partial charge is 0.273 e. The largest absolute Gasteiger partial charge is 0.493 e. The minimum atomic E-state index is -0.285. The molecule has 0 bridgehead atoms. The van der Waals surface area contributed by atoms with Crippen LogP contribution in [0.2, 0.25) is 0 Å². The van der Waals surface area contributed by atoms with Crippen molar-refractivity contribution in [3.8, 4) is 17.2 Å². The standard InChI is InChI=1S/C24H24N6O3S/c1-32-20-10-9-17(15-21(20)33-2)11-14-25-23(31)22-19(16-34-24-26-12-6-13-27-24)30(29-28-22)18-7-4-3-5-8-18/h3-10,12-13,15H,11,14,16H2,1-2H3,(H,25,31). The molecule has 4 rings (SSSR count). The SMILES string of the molecule is COc1ccc(CCNC(=O)c2nnn(-c3ccccc3)c2CSc2ncccn2)cc1OC. The van der Waals surface area contributed by atoms with E-state index in [9.17, 15) is 4.79 Å². The molecule has 34 heavy (non-hydrogen) atoms. The third-order valence-corrected chi connectivity index (χ3v) is 5.89. The lowest BCUT2D eigenvalue weighted by atomic mass is 10.1. The van der Waals surface area contributed by atoms with E-state index in [1.54, 1.807) is 37.4 Å². The Hall–Kier alpha value is -3.92. The van der Waals surface area contributed by atoms with E-state index in [1.165, 1.54) is 11.8 Å². The Labute approximate surface area is 201 Å². The van der Waals surface area contributed by atoms with Crippen molar-refractivity contribution in [1.82, 2.24) is 30.3 Å². The first-order chi connectivity index (χ1) is 16.7. The van der Waals surface area contributed by atoms with E-state index < -0.39 is 0 Å². The Morgan fingerprint density at radius 2 is 1.76 bits per heavy atom. The Balaban J connectivity index is 1.48. The number of methoxy groups -OCH3 is 2. The van der Waals surface area contributed by atoms with Gasteiger partial charge < -0.3 is 14.8 Å². The van der Waals surface area contributed by atoms with Crippen LogP contribution < -0.4 is 14.8 Å². The number of thioether (sulfide) groups is 1. The molecule has 0 atom stereocenters. The van der Waals surface area contributed by atoms with E-state index in [0.717, 1.165) is 11.3 Å². The Bertz CT molecular complexity index is 1230. The van der Waals surface area contributed by atoms with Crippen molar-refractivity contribution in [2.75, 3.05) is 20.8 Å². The number of hydrogen-bond donors (Lipinski definition) is 1. The average molecular weight is 477 g/mol. The summed E-state index contributed by atoms with van der Waals surface area (Å²) in [6.45, 7) is 0.431. The number of para-hydroxylation sites is 1. The molecule has 1 N–H and O–H groups in total. The van der Waals surface area contributed by atoms with E-state index in [2.05, 4.69) is 25.6 Å². The number of hydrogen-bond acceptors (Lipinski definition) is 8. The normalized spacial score (nSPS) is 10.6. The van der Waals surface area contributed by atoms with Gasteiger partial charge in [0, 0.05) is 24.7 Å². The van der Waals surface area contributed by atoms with Gasteiger partial charge in [0.2, 0.25) is 0 Å². The number of aromatic nitrogens is 5. The van der Waals surface area contributed by atoms with Crippen LogP contribution in [0.25, 0.3) is 5.69 Å². The first kappa shape index (κ1) is 23.2. The van der Waals surface area contributed by atoms with Gasteiger partial charge in [0.25, 0.3) is 5.91 Å². The van der Waals surface area contributed by atoms with Crippen molar-refractivity contribution < 1.29 is 14.3 Å². The number of carbonyl (C=O) groups is 1. The summed E-state index contributed by atoms with van der Waals surface area (Å²) in [7, 11) is 3.19. The molecular formula is C24H24N6O3S. The molecule has 0 aliphatic carbocycles. The summed E-state index contributed by atoms with van der Waals surface area (Å²) in [5, 5.41) is 12.0. The molecule has 0 saturated carbocycles. The molecule has 2 heterocycles. The summed E-state index contributed by atoms with van der Waals surface area (Å²) in [6.07, 6.45) is 3.99. The number of nitrogens with one attached hydrogen (secondary N) is 1. The summed E-state index contributed by atoms with van der Waals surface area (Å²) < 4.78 is 12.3. The first-order valence-corrected chi connectivity index (χ1v) is 11.6. The predicted molar refractivity (Wildman–Crippen MR) is 129 cm³/mol. The van der Waals surface area contributed by atoms with Gasteiger partial charge in [0.1, 0.15) is 0 Å². The van der Waals surface area contributed by atoms with E-state index in [0.29, 0.717) is 41.1 Å². The molecule has 0 unspecified atom stereocenters. The lowest BCUT2D eigenvalue weighted by Gasteiger charge is -2.10. The lowest BCUT2D eigenvalue weighted by Crippen LogP contribution is -2.27. The van der Waals surface area contributed by atoms with Crippen molar-refractivity contribution in [3.63, 3.8) is 0 Å². The van der Waals surface area contributed by atoms with Gasteiger partial charge in [-0.05, 0) is 42.3 Å². The maximum Gasteiger partial charge on any atom is 0.273 e. The molecular weight excluding hydrogens is 452 g/mol. The van der Waals surface area contributed by atoms with Gasteiger partial charge in [-0.3, -0.25) is 4.79 Å². The molecule has 10 heteroatoms. The van der Waals surface area contributed by atoms with Crippen molar-refractivity contribution in [2.24, 2.45) is 0 Å². The average Bonchev–Trinajstić information content (AvgIpc) is 3.32. The molecule has 2 aromatic heterocycles. The van der Waals surface area contributed by atoms with E-state index >= 15 is 0 Å². The van der Waals surface area contributed by atoms with Crippen LogP contribution in [-0.4, -0.2) is 51.6 Å². The zero-order chi connectivity index (χ0) is 23.8. The van der Waals surface area contributed by atoms with E-state index in [4.69, 9.17) is 9.47 Å². The second-order valence-electron chi connectivity index (χ2n) is 7.15. The summed E-state index contributed by atoms with van der Waals surface area (Å²) >= 11 is 1.42. The fourth-order valence-electron chi connectivity index (χ4n) is 3.32. The highest BCUT2D eigenvalue weighted by molar-refractivity contribution is 7.98. The Morgan fingerprint density at radius 3 is 2.50 bits per heavy atom. The summed E-state index contributed by atoms with van der Waals surface area (Å²) in [5.41, 5.74) is 2.79. The van der Waals surface area contributed by atoms with Crippen LogP contribution in [0.4, 0.5) is 0 Å². The summed E-state index contributed by atoms with van der Waals surface area (Å²) in [5.74, 6) is 1.47. The molecule has 0 spiro atoms. The van der Waals surface area contributed by atoms with Crippen LogP contribution in [0.15, 0.2) is 72.1 Å². The van der Waals surface area contributed by atoms with Crippen LogP contribution in [0.5, 0.6) is 11.5 Å². The number of nitrogens with zero attached hydrogens (tertiary/aromatic N) is 5. The highest BCUT2D eigenvalue weighted by Crippen LogP contribution is 2.27. The second kappa shape index (κ2) is 11.3. The first-order valence-electron chi connectivity index (χ1n) is 10.6. The van der Waals surface area contributed by atoms with Gasteiger partial charge in [-0.1, -0.05) is 41.2 Å².